The third kappa shape index (κ3) is 3.45. The Morgan fingerprint density at radius 3 is 2.64 bits per heavy atom. The van der Waals surface area contributed by atoms with Crippen molar-refractivity contribution in [2.24, 2.45) is 0 Å². The number of hydrogen-bond acceptors (Lipinski definition) is 4. The van der Waals surface area contributed by atoms with Gasteiger partial charge in [-0.3, -0.25) is 0 Å². The largest absolute Gasteiger partial charge is 0.480 e. The lowest BCUT2D eigenvalue weighted by atomic mass is 10.1. The van der Waals surface area contributed by atoms with Gasteiger partial charge in [-0.1, -0.05) is 51.5 Å². The van der Waals surface area contributed by atoms with Gasteiger partial charge in [0.25, 0.3) is 0 Å². The van der Waals surface area contributed by atoms with Gasteiger partial charge in [-0.2, -0.15) is 0 Å². The molecule has 0 bridgehead atoms. The maximum Gasteiger partial charge on any atom is 0.326 e. The summed E-state index contributed by atoms with van der Waals surface area (Å²) in [6, 6.07) is 14.7. The van der Waals surface area contributed by atoms with Gasteiger partial charge < -0.3 is 10.4 Å². The number of benzene rings is 2. The first-order valence-corrected chi connectivity index (χ1v) is 8.32. The van der Waals surface area contributed by atoms with Crippen molar-refractivity contribution in [1.82, 2.24) is 4.98 Å². The minimum atomic E-state index is -0.887. The highest BCUT2D eigenvalue weighted by Crippen LogP contribution is 2.26. The van der Waals surface area contributed by atoms with Crippen molar-refractivity contribution in [3.63, 3.8) is 0 Å². The summed E-state index contributed by atoms with van der Waals surface area (Å²) in [7, 11) is 0. The molecule has 0 spiro atoms. The minimum absolute atomic E-state index is 0.401. The lowest BCUT2D eigenvalue weighted by molar-refractivity contribution is -0.137. The van der Waals surface area contributed by atoms with Crippen molar-refractivity contribution in [2.45, 2.75) is 12.5 Å². The Morgan fingerprint density at radius 2 is 1.95 bits per heavy atom. The summed E-state index contributed by atoms with van der Waals surface area (Å²) in [4.78, 5) is 15.9. The Labute approximate surface area is 139 Å². The molecule has 0 radical (unpaired) electrons. The van der Waals surface area contributed by atoms with E-state index >= 15 is 0 Å². The molecule has 0 saturated carbocycles. The summed E-state index contributed by atoms with van der Waals surface area (Å²) < 4.78 is 2.01. The number of fused-ring (bicyclic) bond motifs is 1. The third-order valence-corrected chi connectivity index (χ3v) is 4.74. The Morgan fingerprint density at radius 1 is 1.23 bits per heavy atom. The molecular weight excluding hydrogens is 364 g/mol. The van der Waals surface area contributed by atoms with Crippen LogP contribution in [0.3, 0.4) is 0 Å². The SMILES string of the molecule is O=C(O)C(Cc1ccc(Br)cc1)Nc1nc2ccccc2s1. The van der Waals surface area contributed by atoms with E-state index in [1.807, 2.05) is 48.5 Å². The van der Waals surface area contributed by atoms with Crippen molar-refractivity contribution >= 4 is 48.6 Å². The van der Waals surface area contributed by atoms with E-state index in [-0.39, 0.29) is 0 Å². The molecule has 22 heavy (non-hydrogen) atoms. The molecule has 4 nitrogen and oxygen atoms in total. The second kappa shape index (κ2) is 6.46. The van der Waals surface area contributed by atoms with Crippen LogP contribution >= 0.6 is 27.3 Å². The number of aliphatic carboxylic acids is 1. The van der Waals surface area contributed by atoms with Crippen LogP contribution in [0.15, 0.2) is 53.0 Å². The number of carboxylic acids is 1. The van der Waals surface area contributed by atoms with E-state index in [9.17, 15) is 9.90 Å². The van der Waals surface area contributed by atoms with Crippen LogP contribution < -0.4 is 5.32 Å². The number of aromatic nitrogens is 1. The number of nitrogens with one attached hydrogen (secondary N) is 1. The van der Waals surface area contributed by atoms with E-state index in [2.05, 4.69) is 26.2 Å². The average molecular weight is 377 g/mol. The molecule has 6 heteroatoms. The summed E-state index contributed by atoms with van der Waals surface area (Å²) >= 11 is 4.84. The maximum absolute atomic E-state index is 11.5. The predicted octanol–water partition coefficient (Wildman–Crippen LogP) is 4.17. The van der Waals surface area contributed by atoms with Crippen LogP contribution in [0.25, 0.3) is 10.2 Å². The van der Waals surface area contributed by atoms with Crippen molar-refractivity contribution in [3.05, 3.63) is 58.6 Å². The molecule has 0 aliphatic rings. The fourth-order valence-electron chi connectivity index (χ4n) is 2.14. The van der Waals surface area contributed by atoms with E-state index in [1.165, 1.54) is 11.3 Å². The lowest BCUT2D eigenvalue weighted by Crippen LogP contribution is -2.31. The topological polar surface area (TPSA) is 62.2 Å². The number of thiazole rings is 1. The van der Waals surface area contributed by atoms with Gasteiger partial charge in [0.2, 0.25) is 0 Å². The van der Waals surface area contributed by atoms with Gasteiger partial charge in [0.15, 0.2) is 5.13 Å². The number of rotatable bonds is 5. The molecule has 2 aromatic carbocycles. The van der Waals surface area contributed by atoms with Gasteiger partial charge in [0.1, 0.15) is 6.04 Å². The second-order valence-electron chi connectivity index (χ2n) is 4.85. The third-order valence-electron chi connectivity index (χ3n) is 3.24. The lowest BCUT2D eigenvalue weighted by Gasteiger charge is -2.13. The summed E-state index contributed by atoms with van der Waals surface area (Å²) in [5.41, 5.74) is 1.84. The molecule has 0 aliphatic carbocycles. The Bertz CT molecular complexity index is 768. The quantitative estimate of drug-likeness (QED) is 0.701. The summed E-state index contributed by atoms with van der Waals surface area (Å²) in [5.74, 6) is -0.887. The first-order chi connectivity index (χ1) is 10.6. The second-order valence-corrected chi connectivity index (χ2v) is 6.80. The Kier molecular flexibility index (Phi) is 4.40. The van der Waals surface area contributed by atoms with Crippen LogP contribution in [0.2, 0.25) is 0 Å². The van der Waals surface area contributed by atoms with Gasteiger partial charge >= 0.3 is 5.97 Å². The minimum Gasteiger partial charge on any atom is -0.480 e. The zero-order chi connectivity index (χ0) is 15.5. The van der Waals surface area contributed by atoms with Crippen LogP contribution in [-0.4, -0.2) is 22.1 Å². The molecule has 1 atom stereocenters. The number of halogens is 1. The highest BCUT2D eigenvalue weighted by molar-refractivity contribution is 9.10. The Hall–Kier alpha value is -1.92. The van der Waals surface area contributed by atoms with Gasteiger partial charge in [0, 0.05) is 10.9 Å². The van der Waals surface area contributed by atoms with E-state index in [1.54, 1.807) is 0 Å². The Balaban J connectivity index is 1.79. The molecule has 3 rings (SSSR count). The molecule has 0 saturated heterocycles. The first-order valence-electron chi connectivity index (χ1n) is 6.71. The number of hydrogen-bond donors (Lipinski definition) is 2. The molecule has 2 N–H and O–H groups in total. The van der Waals surface area contributed by atoms with Crippen molar-refractivity contribution in [2.75, 3.05) is 5.32 Å². The van der Waals surface area contributed by atoms with Gasteiger partial charge in [-0.25, -0.2) is 9.78 Å². The van der Waals surface area contributed by atoms with Crippen LogP contribution in [0.4, 0.5) is 5.13 Å². The van der Waals surface area contributed by atoms with E-state index in [0.29, 0.717) is 11.6 Å². The predicted molar refractivity (Wildman–Crippen MR) is 92.5 cm³/mol. The molecular formula is C16H13BrN2O2S. The molecule has 1 aromatic heterocycles. The van der Waals surface area contributed by atoms with E-state index in [0.717, 1.165) is 20.3 Å². The summed E-state index contributed by atoms with van der Waals surface area (Å²) in [5, 5.41) is 13.1. The molecule has 1 unspecified atom stereocenters. The van der Waals surface area contributed by atoms with Gasteiger partial charge in [-0.05, 0) is 29.8 Å². The number of nitrogens with zero attached hydrogens (tertiary/aromatic N) is 1. The fourth-order valence-corrected chi connectivity index (χ4v) is 3.32. The molecule has 3 aromatic rings. The van der Waals surface area contributed by atoms with E-state index in [4.69, 9.17) is 0 Å². The molecule has 1 heterocycles. The maximum atomic E-state index is 11.5. The number of carboxylic acid groups (broad SMARTS) is 1. The van der Waals surface area contributed by atoms with Gasteiger partial charge in [0.05, 0.1) is 10.2 Å². The molecule has 0 amide bonds. The van der Waals surface area contributed by atoms with Crippen LogP contribution in [0.5, 0.6) is 0 Å². The standard InChI is InChI=1S/C16H13BrN2O2S/c17-11-7-5-10(6-8-11)9-13(15(20)21)19-16-18-12-3-1-2-4-14(12)22-16/h1-8,13H,9H2,(H,18,19)(H,20,21). The van der Waals surface area contributed by atoms with Crippen LogP contribution in [0, 0.1) is 0 Å². The van der Waals surface area contributed by atoms with Crippen LogP contribution in [-0.2, 0) is 11.2 Å². The van der Waals surface area contributed by atoms with E-state index < -0.39 is 12.0 Å². The summed E-state index contributed by atoms with van der Waals surface area (Å²) in [6.45, 7) is 0. The fraction of sp³-hybridized carbons (Fsp3) is 0.125. The zero-order valence-electron chi connectivity index (χ0n) is 11.5. The normalized spacial score (nSPS) is 12.2. The number of carbonyl (C=O) groups is 1. The van der Waals surface area contributed by atoms with Crippen molar-refractivity contribution < 1.29 is 9.90 Å². The monoisotopic (exact) mass is 376 g/mol. The smallest absolute Gasteiger partial charge is 0.326 e. The highest BCUT2D eigenvalue weighted by atomic mass is 79.9. The highest BCUT2D eigenvalue weighted by Gasteiger charge is 2.19. The average Bonchev–Trinajstić information content (AvgIpc) is 2.91. The van der Waals surface area contributed by atoms with Gasteiger partial charge in [-0.15, -0.1) is 0 Å². The first kappa shape index (κ1) is 15.0. The number of anilines is 1. The summed E-state index contributed by atoms with van der Waals surface area (Å²) in [6.07, 6.45) is 0.401. The van der Waals surface area contributed by atoms with Crippen LogP contribution in [0.1, 0.15) is 5.56 Å². The molecule has 0 fully saturated rings. The zero-order valence-corrected chi connectivity index (χ0v) is 13.9. The molecule has 112 valence electrons. The van der Waals surface area contributed by atoms with Crippen molar-refractivity contribution in [3.8, 4) is 0 Å². The van der Waals surface area contributed by atoms with Crippen molar-refractivity contribution in [1.29, 1.82) is 0 Å². The molecule has 0 aliphatic heterocycles. The number of para-hydroxylation sites is 1.